The van der Waals surface area contributed by atoms with Gasteiger partial charge in [0.2, 0.25) is 5.95 Å². The maximum absolute atomic E-state index is 12.6. The highest BCUT2D eigenvalue weighted by atomic mass is 16.1. The molecular weight excluding hydrogens is 340 g/mol. The lowest BCUT2D eigenvalue weighted by Crippen LogP contribution is -2.36. The number of carbonyl (C=O) groups excluding carboxylic acids is 1. The first-order valence-corrected chi connectivity index (χ1v) is 9.15. The van der Waals surface area contributed by atoms with E-state index >= 15 is 0 Å². The average Bonchev–Trinajstić information content (AvgIpc) is 3.17. The van der Waals surface area contributed by atoms with Gasteiger partial charge in [-0.1, -0.05) is 18.2 Å². The minimum Gasteiger partial charge on any atom is -0.341 e. The van der Waals surface area contributed by atoms with E-state index in [0.717, 1.165) is 43.3 Å². The van der Waals surface area contributed by atoms with Gasteiger partial charge in [-0.15, -0.1) is 0 Å². The molecule has 0 saturated carbocycles. The Morgan fingerprint density at radius 1 is 1.04 bits per heavy atom. The number of hydrogen-bond donors (Lipinski definition) is 1. The molecule has 1 aliphatic heterocycles. The highest BCUT2D eigenvalue weighted by molar-refractivity contribution is 6.04. The number of anilines is 2. The zero-order valence-corrected chi connectivity index (χ0v) is 15.2. The van der Waals surface area contributed by atoms with Crippen molar-refractivity contribution in [3.05, 3.63) is 66.1 Å². The van der Waals surface area contributed by atoms with E-state index in [4.69, 9.17) is 0 Å². The van der Waals surface area contributed by atoms with Crippen molar-refractivity contribution in [2.45, 2.75) is 25.8 Å². The second kappa shape index (κ2) is 7.57. The van der Waals surface area contributed by atoms with Gasteiger partial charge in [-0.3, -0.25) is 4.79 Å². The zero-order chi connectivity index (χ0) is 18.6. The first-order chi connectivity index (χ1) is 13.2. The summed E-state index contributed by atoms with van der Waals surface area (Å²) in [5, 5.41) is 7.47. The molecule has 0 radical (unpaired) electrons. The Kier molecular flexibility index (Phi) is 4.82. The summed E-state index contributed by atoms with van der Waals surface area (Å²) >= 11 is 0. The van der Waals surface area contributed by atoms with Crippen LogP contribution in [0.5, 0.6) is 0 Å². The van der Waals surface area contributed by atoms with E-state index < -0.39 is 0 Å². The molecule has 0 unspecified atom stereocenters. The predicted octanol–water partition coefficient (Wildman–Crippen LogP) is 3.08. The van der Waals surface area contributed by atoms with Gasteiger partial charge in [0.25, 0.3) is 5.91 Å². The Morgan fingerprint density at radius 3 is 2.52 bits per heavy atom. The van der Waals surface area contributed by atoms with E-state index in [9.17, 15) is 4.79 Å². The first kappa shape index (κ1) is 17.2. The van der Waals surface area contributed by atoms with Crippen LogP contribution < -0.4 is 10.2 Å². The van der Waals surface area contributed by atoms with E-state index in [1.807, 2.05) is 48.0 Å². The molecule has 3 aromatic rings. The normalized spacial score (nSPS) is 14.9. The minimum absolute atomic E-state index is 0.107. The Balaban J connectivity index is 1.44. The van der Waals surface area contributed by atoms with Crippen LogP contribution in [0, 0.1) is 6.92 Å². The number of piperidine rings is 1. The standard InChI is InChI=1S/C20H22N6O/c1-15-5-2-3-6-17(15)19(27)24-18-7-12-23-26(18)16-8-13-25(14-9-16)20-21-10-4-11-22-20/h2-7,10-12,16H,8-9,13-14H2,1H3,(H,24,27). The summed E-state index contributed by atoms with van der Waals surface area (Å²) in [6, 6.07) is 11.5. The van der Waals surface area contributed by atoms with Crippen molar-refractivity contribution in [2.75, 3.05) is 23.3 Å². The van der Waals surface area contributed by atoms with Gasteiger partial charge >= 0.3 is 0 Å². The Hall–Kier alpha value is -3.22. The lowest BCUT2D eigenvalue weighted by atomic mass is 10.1. The van der Waals surface area contributed by atoms with Crippen molar-refractivity contribution in [3.8, 4) is 0 Å². The zero-order valence-electron chi connectivity index (χ0n) is 15.2. The topological polar surface area (TPSA) is 75.9 Å². The van der Waals surface area contributed by atoms with Crippen molar-refractivity contribution in [2.24, 2.45) is 0 Å². The number of benzene rings is 1. The fourth-order valence-corrected chi connectivity index (χ4v) is 3.48. The van der Waals surface area contributed by atoms with Crippen LogP contribution in [-0.2, 0) is 0 Å². The molecular formula is C20H22N6O. The van der Waals surface area contributed by atoms with Crippen LogP contribution in [0.25, 0.3) is 0 Å². The summed E-state index contributed by atoms with van der Waals surface area (Å²) in [6.45, 7) is 3.66. The first-order valence-electron chi connectivity index (χ1n) is 9.15. The van der Waals surface area contributed by atoms with Crippen LogP contribution in [0.1, 0.15) is 34.8 Å². The molecule has 2 aromatic heterocycles. The summed E-state index contributed by atoms with van der Waals surface area (Å²) < 4.78 is 1.93. The number of aryl methyl sites for hydroxylation is 1. The number of rotatable bonds is 4. The number of amides is 1. The van der Waals surface area contributed by atoms with Gasteiger partial charge in [-0.25, -0.2) is 14.6 Å². The SMILES string of the molecule is Cc1ccccc1C(=O)Nc1ccnn1C1CCN(c2ncccn2)CC1. The molecule has 27 heavy (non-hydrogen) atoms. The molecule has 1 aromatic carbocycles. The molecule has 0 spiro atoms. The summed E-state index contributed by atoms with van der Waals surface area (Å²) in [5.74, 6) is 1.40. The third-order valence-electron chi connectivity index (χ3n) is 4.95. The number of carbonyl (C=O) groups is 1. The molecule has 7 nitrogen and oxygen atoms in total. The van der Waals surface area contributed by atoms with Gasteiger partial charge in [0.1, 0.15) is 5.82 Å². The lowest BCUT2D eigenvalue weighted by molar-refractivity contribution is 0.102. The van der Waals surface area contributed by atoms with Crippen molar-refractivity contribution < 1.29 is 4.79 Å². The molecule has 1 fully saturated rings. The summed E-state index contributed by atoms with van der Waals surface area (Å²) in [5.41, 5.74) is 1.64. The monoisotopic (exact) mass is 362 g/mol. The van der Waals surface area contributed by atoms with Crippen LogP contribution >= 0.6 is 0 Å². The summed E-state index contributed by atoms with van der Waals surface area (Å²) in [4.78, 5) is 23.5. The van der Waals surface area contributed by atoms with Crippen LogP contribution in [-0.4, -0.2) is 38.7 Å². The van der Waals surface area contributed by atoms with E-state index in [-0.39, 0.29) is 11.9 Å². The third-order valence-corrected chi connectivity index (χ3v) is 4.95. The largest absolute Gasteiger partial charge is 0.341 e. The molecule has 138 valence electrons. The predicted molar refractivity (Wildman–Crippen MR) is 104 cm³/mol. The highest BCUT2D eigenvalue weighted by Gasteiger charge is 2.24. The van der Waals surface area contributed by atoms with Gasteiger partial charge in [0.05, 0.1) is 12.2 Å². The maximum Gasteiger partial charge on any atom is 0.257 e. The van der Waals surface area contributed by atoms with Gasteiger partial charge < -0.3 is 10.2 Å². The van der Waals surface area contributed by atoms with Gasteiger partial charge in [-0.2, -0.15) is 5.10 Å². The van der Waals surface area contributed by atoms with E-state index in [1.165, 1.54) is 0 Å². The van der Waals surface area contributed by atoms with Gasteiger partial charge in [0, 0.05) is 37.1 Å². The highest BCUT2D eigenvalue weighted by Crippen LogP contribution is 2.27. The number of nitrogens with zero attached hydrogens (tertiary/aromatic N) is 5. The summed E-state index contributed by atoms with van der Waals surface area (Å²) in [7, 11) is 0. The van der Waals surface area contributed by atoms with Crippen molar-refractivity contribution in [3.63, 3.8) is 0 Å². The quantitative estimate of drug-likeness (QED) is 0.772. The van der Waals surface area contributed by atoms with Gasteiger partial charge in [-0.05, 0) is 37.5 Å². The van der Waals surface area contributed by atoms with Crippen LogP contribution in [0.4, 0.5) is 11.8 Å². The van der Waals surface area contributed by atoms with Crippen molar-refractivity contribution in [1.82, 2.24) is 19.7 Å². The fourth-order valence-electron chi connectivity index (χ4n) is 3.48. The molecule has 7 heteroatoms. The number of aromatic nitrogens is 4. The van der Waals surface area contributed by atoms with Crippen molar-refractivity contribution >= 4 is 17.7 Å². The molecule has 1 amide bonds. The lowest BCUT2D eigenvalue weighted by Gasteiger charge is -2.32. The van der Waals surface area contributed by atoms with Crippen LogP contribution in [0.2, 0.25) is 0 Å². The molecule has 1 N–H and O–H groups in total. The van der Waals surface area contributed by atoms with Crippen molar-refractivity contribution in [1.29, 1.82) is 0 Å². The van der Waals surface area contributed by atoms with E-state index in [2.05, 4.69) is 25.3 Å². The molecule has 0 atom stereocenters. The fraction of sp³-hybridized carbons (Fsp3) is 0.300. The third kappa shape index (κ3) is 3.67. The molecule has 0 aliphatic carbocycles. The van der Waals surface area contributed by atoms with E-state index in [1.54, 1.807) is 18.6 Å². The number of nitrogens with one attached hydrogen (secondary N) is 1. The Morgan fingerprint density at radius 2 is 1.78 bits per heavy atom. The van der Waals surface area contributed by atoms with Gasteiger partial charge in [0.15, 0.2) is 0 Å². The Bertz CT molecular complexity index is 915. The smallest absolute Gasteiger partial charge is 0.257 e. The second-order valence-corrected chi connectivity index (χ2v) is 6.70. The molecule has 3 heterocycles. The maximum atomic E-state index is 12.6. The number of hydrogen-bond acceptors (Lipinski definition) is 5. The minimum atomic E-state index is -0.107. The van der Waals surface area contributed by atoms with Crippen LogP contribution in [0.3, 0.4) is 0 Å². The second-order valence-electron chi connectivity index (χ2n) is 6.70. The van der Waals surface area contributed by atoms with E-state index in [0.29, 0.717) is 5.56 Å². The molecule has 4 rings (SSSR count). The summed E-state index contributed by atoms with van der Waals surface area (Å²) in [6.07, 6.45) is 7.11. The van der Waals surface area contributed by atoms with Crippen LogP contribution in [0.15, 0.2) is 55.0 Å². The molecule has 0 bridgehead atoms. The molecule has 1 saturated heterocycles. The molecule has 1 aliphatic rings. The Labute approximate surface area is 158 Å². The average molecular weight is 362 g/mol.